The minimum Gasteiger partial charge on any atom is -0.267 e. The number of aromatic nitrogens is 5. The van der Waals surface area contributed by atoms with Crippen LogP contribution in [0.2, 0.25) is 0 Å². The summed E-state index contributed by atoms with van der Waals surface area (Å²) in [6.45, 7) is 0. The van der Waals surface area contributed by atoms with Gasteiger partial charge in [0, 0.05) is 10.8 Å². The van der Waals surface area contributed by atoms with Crippen molar-refractivity contribution in [1.82, 2.24) is 25.4 Å². The van der Waals surface area contributed by atoms with Crippen molar-refractivity contribution in [3.05, 3.63) is 77.9 Å². The van der Waals surface area contributed by atoms with Gasteiger partial charge in [-0.1, -0.05) is 24.3 Å². The molecule has 2 atom stereocenters. The summed E-state index contributed by atoms with van der Waals surface area (Å²) in [7, 11) is 0. The van der Waals surface area contributed by atoms with Gasteiger partial charge in [-0.3, -0.25) is 15.4 Å². The van der Waals surface area contributed by atoms with Crippen molar-refractivity contribution in [2.75, 3.05) is 5.48 Å². The summed E-state index contributed by atoms with van der Waals surface area (Å²) < 4.78 is 13.4. The lowest BCUT2D eigenvalue weighted by Gasteiger charge is -2.23. The van der Waals surface area contributed by atoms with Crippen LogP contribution < -0.4 is 5.48 Å². The van der Waals surface area contributed by atoms with Crippen LogP contribution in [-0.4, -0.2) is 25.4 Å². The first kappa shape index (κ1) is 14.9. The van der Waals surface area contributed by atoms with Gasteiger partial charge in [-0.25, -0.2) is 9.37 Å². The second-order valence-electron chi connectivity index (χ2n) is 6.04. The largest absolute Gasteiger partial charge is 0.267 e. The fourth-order valence-electron chi connectivity index (χ4n) is 3.36. The highest BCUT2D eigenvalue weighted by Gasteiger charge is 2.36. The van der Waals surface area contributed by atoms with E-state index in [4.69, 9.17) is 4.84 Å². The molecule has 2 unspecified atom stereocenters. The summed E-state index contributed by atoms with van der Waals surface area (Å²) in [4.78, 5) is 10.3. The molecule has 0 fully saturated rings. The molecular weight excluding hydrogens is 335 g/mol. The maximum absolute atomic E-state index is 13.4. The normalized spacial score (nSPS) is 19.1. The molecule has 4 aromatic rings. The van der Waals surface area contributed by atoms with Crippen molar-refractivity contribution >= 4 is 16.5 Å². The van der Waals surface area contributed by atoms with Gasteiger partial charge in [-0.05, 0) is 23.8 Å². The molecule has 2 N–H and O–H groups in total. The topological polar surface area (TPSA) is 88.6 Å². The van der Waals surface area contributed by atoms with Gasteiger partial charge >= 0.3 is 0 Å². The summed E-state index contributed by atoms with van der Waals surface area (Å²) in [5.74, 6) is -0.105. The van der Waals surface area contributed by atoms with E-state index in [9.17, 15) is 4.39 Å². The number of hydrogen-bond donors (Lipinski definition) is 2. The summed E-state index contributed by atoms with van der Waals surface area (Å²) in [5, 5.41) is 17.3. The number of nitrogens with one attached hydrogen (secondary N) is 2. The molecule has 0 bridgehead atoms. The highest BCUT2D eigenvalue weighted by atomic mass is 19.1. The standard InChI is InChI=1S/C18H13FN6O/c19-12-6-4-10(5-7-12)17-15(18-20-9-22-24-18)16-14-11(8-21-23-16)2-1-3-13(14)25-26-17/h1-9,15,17,25H,(H,20,22,24). The van der Waals surface area contributed by atoms with E-state index in [1.165, 1.54) is 18.5 Å². The molecule has 2 aromatic carbocycles. The molecule has 0 radical (unpaired) electrons. The Morgan fingerprint density at radius 2 is 1.96 bits per heavy atom. The van der Waals surface area contributed by atoms with Crippen LogP contribution >= 0.6 is 0 Å². The van der Waals surface area contributed by atoms with E-state index in [0.29, 0.717) is 11.5 Å². The summed E-state index contributed by atoms with van der Waals surface area (Å²) in [5.41, 5.74) is 5.32. The maximum atomic E-state index is 13.4. The Kier molecular flexibility index (Phi) is 3.36. The van der Waals surface area contributed by atoms with Crippen molar-refractivity contribution in [2.45, 2.75) is 12.0 Å². The van der Waals surface area contributed by atoms with Gasteiger partial charge in [-0.2, -0.15) is 15.3 Å². The number of benzene rings is 2. The van der Waals surface area contributed by atoms with Crippen molar-refractivity contribution in [3.8, 4) is 0 Å². The zero-order valence-corrected chi connectivity index (χ0v) is 13.4. The van der Waals surface area contributed by atoms with Crippen LogP contribution in [-0.2, 0) is 4.84 Å². The lowest BCUT2D eigenvalue weighted by atomic mass is 9.89. The third-order valence-corrected chi connectivity index (χ3v) is 4.54. The van der Waals surface area contributed by atoms with Gasteiger partial charge in [0.2, 0.25) is 0 Å². The first-order chi connectivity index (χ1) is 12.8. The maximum Gasteiger partial charge on any atom is 0.137 e. The lowest BCUT2D eigenvalue weighted by molar-refractivity contribution is 0.0859. The quantitative estimate of drug-likeness (QED) is 0.579. The highest BCUT2D eigenvalue weighted by molar-refractivity contribution is 5.95. The van der Waals surface area contributed by atoms with Crippen LogP contribution in [0.1, 0.15) is 29.1 Å². The summed E-state index contributed by atoms with van der Waals surface area (Å²) >= 11 is 0. The number of halogens is 1. The van der Waals surface area contributed by atoms with Gasteiger partial charge < -0.3 is 0 Å². The van der Waals surface area contributed by atoms with E-state index in [1.54, 1.807) is 18.3 Å². The fraction of sp³-hybridized carbons (Fsp3) is 0.111. The van der Waals surface area contributed by atoms with E-state index in [1.807, 2.05) is 18.2 Å². The average Bonchev–Trinajstić information content (AvgIpc) is 3.14. The third kappa shape index (κ3) is 2.31. The monoisotopic (exact) mass is 348 g/mol. The van der Waals surface area contributed by atoms with Crippen LogP contribution in [0.5, 0.6) is 0 Å². The third-order valence-electron chi connectivity index (χ3n) is 4.54. The molecule has 5 rings (SSSR count). The molecule has 7 nitrogen and oxygen atoms in total. The molecule has 2 aromatic heterocycles. The first-order valence-electron chi connectivity index (χ1n) is 8.08. The van der Waals surface area contributed by atoms with Crippen molar-refractivity contribution < 1.29 is 9.23 Å². The zero-order chi connectivity index (χ0) is 17.5. The van der Waals surface area contributed by atoms with E-state index in [-0.39, 0.29) is 5.82 Å². The van der Waals surface area contributed by atoms with Crippen LogP contribution in [0, 0.1) is 5.82 Å². The highest BCUT2D eigenvalue weighted by Crippen LogP contribution is 2.43. The second-order valence-corrected chi connectivity index (χ2v) is 6.04. The number of rotatable bonds is 2. The van der Waals surface area contributed by atoms with Crippen LogP contribution in [0.4, 0.5) is 10.1 Å². The Morgan fingerprint density at radius 1 is 1.08 bits per heavy atom. The van der Waals surface area contributed by atoms with Gasteiger partial charge in [-0.15, -0.1) is 0 Å². The Bertz CT molecular complexity index is 1060. The SMILES string of the molecule is Fc1ccc(C2ONc3cccc4cnnc(c34)C2c2ncn[nH]2)cc1. The molecule has 26 heavy (non-hydrogen) atoms. The van der Waals surface area contributed by atoms with Gasteiger partial charge in [0.1, 0.15) is 24.1 Å². The predicted octanol–water partition coefficient (Wildman–Crippen LogP) is 3.12. The molecule has 0 spiro atoms. The van der Waals surface area contributed by atoms with Gasteiger partial charge in [0.25, 0.3) is 0 Å². The molecule has 0 aliphatic carbocycles. The van der Waals surface area contributed by atoms with Gasteiger partial charge in [0.15, 0.2) is 0 Å². The molecule has 0 saturated carbocycles. The number of aromatic amines is 1. The lowest BCUT2D eigenvalue weighted by Crippen LogP contribution is -2.19. The average molecular weight is 348 g/mol. The van der Waals surface area contributed by atoms with Crippen LogP contribution in [0.25, 0.3) is 10.8 Å². The smallest absolute Gasteiger partial charge is 0.137 e. The first-order valence-corrected chi connectivity index (χ1v) is 8.08. The second kappa shape index (κ2) is 5.85. The Labute approximate surface area is 147 Å². The molecule has 1 aliphatic rings. The molecule has 3 heterocycles. The van der Waals surface area contributed by atoms with Crippen molar-refractivity contribution in [3.63, 3.8) is 0 Å². The Morgan fingerprint density at radius 3 is 2.77 bits per heavy atom. The summed E-state index contributed by atoms with van der Waals surface area (Å²) in [6.07, 6.45) is 2.64. The van der Waals surface area contributed by atoms with E-state index < -0.39 is 12.0 Å². The number of hydrogen-bond acceptors (Lipinski definition) is 6. The molecule has 128 valence electrons. The minimum absolute atomic E-state index is 0.309. The Hall–Kier alpha value is -3.39. The van der Waals surface area contributed by atoms with Crippen LogP contribution in [0.3, 0.4) is 0 Å². The molecule has 0 amide bonds. The Balaban J connectivity index is 1.76. The minimum atomic E-state index is -0.504. The summed E-state index contributed by atoms with van der Waals surface area (Å²) in [6, 6.07) is 12.0. The van der Waals surface area contributed by atoms with E-state index in [0.717, 1.165) is 22.0 Å². The molecular formula is C18H13FN6O. The van der Waals surface area contributed by atoms with E-state index >= 15 is 0 Å². The van der Waals surface area contributed by atoms with E-state index in [2.05, 4.69) is 30.9 Å². The predicted molar refractivity (Wildman–Crippen MR) is 91.6 cm³/mol. The van der Waals surface area contributed by atoms with Crippen molar-refractivity contribution in [2.24, 2.45) is 0 Å². The fourth-order valence-corrected chi connectivity index (χ4v) is 3.36. The zero-order valence-electron chi connectivity index (χ0n) is 13.4. The van der Waals surface area contributed by atoms with Crippen molar-refractivity contribution in [1.29, 1.82) is 0 Å². The number of H-pyrrole nitrogens is 1. The molecule has 0 saturated heterocycles. The molecule has 8 heteroatoms. The number of anilines is 1. The van der Waals surface area contributed by atoms with Gasteiger partial charge in [0.05, 0.1) is 23.5 Å². The number of nitrogens with zero attached hydrogens (tertiary/aromatic N) is 4. The van der Waals surface area contributed by atoms with Crippen LogP contribution in [0.15, 0.2) is 55.0 Å². The molecule has 1 aliphatic heterocycles.